The number of guanidine groups is 1. The highest BCUT2D eigenvalue weighted by Gasteiger charge is 2.21. The van der Waals surface area contributed by atoms with E-state index in [4.69, 9.17) is 0 Å². The molecule has 2 aliphatic rings. The third-order valence-corrected chi connectivity index (χ3v) is 6.47. The normalized spacial score (nSPS) is 19.1. The van der Waals surface area contributed by atoms with Crippen molar-refractivity contribution in [3.63, 3.8) is 0 Å². The van der Waals surface area contributed by atoms with E-state index in [-0.39, 0.29) is 18.5 Å². The van der Waals surface area contributed by atoms with Crippen LogP contribution in [0.15, 0.2) is 23.2 Å². The van der Waals surface area contributed by atoms with Gasteiger partial charge in [0.15, 0.2) is 17.6 Å². The number of likely N-dealkylation sites (tertiary alicyclic amines) is 1. The fraction of sp³-hybridized carbons (Fsp3) is 0.667. The Morgan fingerprint density at radius 3 is 2.47 bits per heavy atom. The molecule has 0 radical (unpaired) electrons. The molecule has 1 aromatic carbocycles. The number of likely N-dealkylation sites (N-methyl/N-ethyl adjacent to an activating group) is 1. The number of benzene rings is 1. The zero-order valence-electron chi connectivity index (χ0n) is 19.4. The third kappa shape index (κ3) is 7.73. The molecule has 8 heteroatoms. The Hall–Kier alpha value is -2.22. The third-order valence-electron chi connectivity index (χ3n) is 6.47. The van der Waals surface area contributed by atoms with E-state index < -0.39 is 11.6 Å². The van der Waals surface area contributed by atoms with Gasteiger partial charge in [0.25, 0.3) is 0 Å². The second-order valence-corrected chi connectivity index (χ2v) is 9.28. The largest absolute Gasteiger partial charge is 0.356 e. The van der Waals surface area contributed by atoms with Crippen LogP contribution in [0.3, 0.4) is 0 Å². The van der Waals surface area contributed by atoms with Gasteiger partial charge in [-0.2, -0.15) is 0 Å². The van der Waals surface area contributed by atoms with E-state index in [0.29, 0.717) is 18.4 Å². The lowest BCUT2D eigenvalue weighted by molar-refractivity contribution is -0.127. The van der Waals surface area contributed by atoms with E-state index in [1.807, 2.05) is 0 Å². The molecule has 2 N–H and O–H groups in total. The summed E-state index contributed by atoms with van der Waals surface area (Å²) in [6.45, 7) is 3.35. The number of aliphatic imine (C=N–C) groups is 1. The van der Waals surface area contributed by atoms with Crippen molar-refractivity contribution in [2.24, 2.45) is 10.9 Å². The van der Waals surface area contributed by atoms with E-state index >= 15 is 0 Å². The maximum Gasteiger partial charge on any atom is 0.243 e. The molecule has 1 amide bonds. The molecule has 1 aromatic rings. The highest BCUT2D eigenvalue weighted by atomic mass is 19.2. The fourth-order valence-corrected chi connectivity index (χ4v) is 4.40. The van der Waals surface area contributed by atoms with Crippen LogP contribution in [0, 0.1) is 17.6 Å². The molecule has 32 heavy (non-hydrogen) atoms. The molecule has 0 spiro atoms. The zero-order valence-corrected chi connectivity index (χ0v) is 19.4. The molecule has 0 unspecified atom stereocenters. The molecular weight excluding hydrogens is 412 g/mol. The monoisotopic (exact) mass is 449 g/mol. The van der Waals surface area contributed by atoms with Crippen molar-refractivity contribution in [2.45, 2.75) is 57.5 Å². The lowest BCUT2D eigenvalue weighted by atomic mass is 9.89. The van der Waals surface area contributed by atoms with Gasteiger partial charge in [0.2, 0.25) is 5.91 Å². The Morgan fingerprint density at radius 2 is 1.81 bits per heavy atom. The molecule has 178 valence electrons. The molecule has 1 saturated heterocycles. The molecule has 0 bridgehead atoms. The van der Waals surface area contributed by atoms with Gasteiger partial charge in [-0.15, -0.1) is 0 Å². The number of halogens is 2. The maximum atomic E-state index is 13.5. The van der Waals surface area contributed by atoms with Crippen molar-refractivity contribution in [2.75, 3.05) is 40.3 Å². The molecule has 1 aliphatic carbocycles. The summed E-state index contributed by atoms with van der Waals surface area (Å²) in [5.74, 6) is -0.249. The molecule has 0 aromatic heterocycles. The minimum absolute atomic E-state index is 0.0230. The summed E-state index contributed by atoms with van der Waals surface area (Å²) >= 11 is 0. The maximum absolute atomic E-state index is 13.5. The first kappa shape index (κ1) is 24.4. The lowest BCUT2D eigenvalue weighted by Gasteiger charge is -2.33. The minimum Gasteiger partial charge on any atom is -0.356 e. The highest BCUT2D eigenvalue weighted by molar-refractivity contribution is 5.84. The number of amides is 1. The standard InChI is InChI=1S/C24H37F2N5O/c1-30(2)23(32)16-28-24(27-15-18-6-4-3-5-7-18)29-20-10-12-31(13-11-20)17-19-8-9-21(25)22(26)14-19/h8-9,14,18,20H,3-7,10-13,15-17H2,1-2H3,(H2,27,28,29). The van der Waals surface area contributed by atoms with Gasteiger partial charge in [-0.05, 0) is 49.3 Å². The van der Waals surface area contributed by atoms with Gasteiger partial charge in [0.1, 0.15) is 6.54 Å². The van der Waals surface area contributed by atoms with Gasteiger partial charge < -0.3 is 15.5 Å². The highest BCUT2D eigenvalue weighted by Crippen LogP contribution is 2.22. The number of carbonyl (C=O) groups is 1. The average Bonchev–Trinajstić information content (AvgIpc) is 2.79. The molecular formula is C24H37F2N5O. The topological polar surface area (TPSA) is 60.0 Å². The Morgan fingerprint density at radius 1 is 1.09 bits per heavy atom. The number of hydrogen-bond acceptors (Lipinski definition) is 3. The summed E-state index contributed by atoms with van der Waals surface area (Å²) in [7, 11) is 3.48. The van der Waals surface area contributed by atoms with Crippen LogP contribution in [0.2, 0.25) is 0 Å². The first-order valence-electron chi connectivity index (χ1n) is 11.8. The molecule has 0 atom stereocenters. The summed E-state index contributed by atoms with van der Waals surface area (Å²) in [6, 6.07) is 4.38. The van der Waals surface area contributed by atoms with Gasteiger partial charge in [0.05, 0.1) is 0 Å². The van der Waals surface area contributed by atoms with Gasteiger partial charge >= 0.3 is 0 Å². The van der Waals surface area contributed by atoms with Crippen molar-refractivity contribution >= 4 is 11.9 Å². The van der Waals surface area contributed by atoms with Crippen molar-refractivity contribution in [3.8, 4) is 0 Å². The quantitative estimate of drug-likeness (QED) is 0.496. The molecule has 6 nitrogen and oxygen atoms in total. The zero-order chi connectivity index (χ0) is 22.9. The van der Waals surface area contributed by atoms with Crippen molar-refractivity contribution in [3.05, 3.63) is 35.4 Å². The summed E-state index contributed by atoms with van der Waals surface area (Å²) < 4.78 is 26.6. The fourth-order valence-electron chi connectivity index (χ4n) is 4.40. The van der Waals surface area contributed by atoms with E-state index in [1.165, 1.54) is 44.2 Å². The van der Waals surface area contributed by atoms with Crippen LogP contribution in [-0.4, -0.2) is 68.0 Å². The van der Waals surface area contributed by atoms with Gasteiger partial charge in [-0.3, -0.25) is 9.69 Å². The van der Waals surface area contributed by atoms with Crippen LogP contribution in [0.25, 0.3) is 0 Å². The Kier molecular flexibility index (Phi) is 9.26. The molecule has 3 rings (SSSR count). The molecule has 1 saturated carbocycles. The smallest absolute Gasteiger partial charge is 0.243 e. The summed E-state index contributed by atoms with van der Waals surface area (Å²) in [6.07, 6.45) is 8.27. The van der Waals surface area contributed by atoms with Gasteiger partial charge in [-0.25, -0.2) is 13.8 Å². The number of hydrogen-bond donors (Lipinski definition) is 2. The number of nitrogens with one attached hydrogen (secondary N) is 2. The number of nitrogens with zero attached hydrogens (tertiary/aromatic N) is 3. The lowest BCUT2D eigenvalue weighted by Crippen LogP contribution is -2.49. The van der Waals surface area contributed by atoms with Crippen LogP contribution in [0.5, 0.6) is 0 Å². The summed E-state index contributed by atoms with van der Waals surface area (Å²) in [5.41, 5.74) is 0.786. The predicted octanol–water partition coefficient (Wildman–Crippen LogP) is 3.13. The Bertz CT molecular complexity index is 772. The van der Waals surface area contributed by atoms with Crippen LogP contribution < -0.4 is 10.6 Å². The van der Waals surface area contributed by atoms with Crippen molar-refractivity contribution < 1.29 is 13.6 Å². The average molecular weight is 450 g/mol. The minimum atomic E-state index is -0.808. The molecule has 2 fully saturated rings. The molecule has 1 aliphatic heterocycles. The van der Waals surface area contributed by atoms with Gasteiger partial charge in [0, 0.05) is 46.3 Å². The summed E-state index contributed by atoms with van der Waals surface area (Å²) in [4.78, 5) is 20.4. The number of carbonyl (C=O) groups excluding carboxylic acids is 1. The van der Waals surface area contributed by atoms with Crippen LogP contribution in [-0.2, 0) is 11.3 Å². The van der Waals surface area contributed by atoms with Crippen molar-refractivity contribution in [1.29, 1.82) is 0 Å². The number of rotatable bonds is 7. The van der Waals surface area contributed by atoms with Crippen molar-refractivity contribution in [1.82, 2.24) is 20.4 Å². The predicted molar refractivity (Wildman–Crippen MR) is 123 cm³/mol. The molecule has 1 heterocycles. The second kappa shape index (κ2) is 12.1. The van der Waals surface area contributed by atoms with Crippen LogP contribution >= 0.6 is 0 Å². The second-order valence-electron chi connectivity index (χ2n) is 9.28. The summed E-state index contributed by atoms with van der Waals surface area (Å²) in [5, 5.41) is 6.99. The number of piperidine rings is 1. The Balaban J connectivity index is 1.50. The van der Waals surface area contributed by atoms with E-state index in [1.54, 1.807) is 25.1 Å². The first-order valence-corrected chi connectivity index (χ1v) is 11.8. The van der Waals surface area contributed by atoms with Crippen LogP contribution in [0.1, 0.15) is 50.5 Å². The van der Waals surface area contributed by atoms with E-state index in [0.717, 1.165) is 38.0 Å². The van der Waals surface area contributed by atoms with Gasteiger partial charge in [-0.1, -0.05) is 25.3 Å². The van der Waals surface area contributed by atoms with E-state index in [2.05, 4.69) is 20.5 Å². The van der Waals surface area contributed by atoms with E-state index in [9.17, 15) is 13.6 Å². The SMILES string of the molecule is CN(C)C(=O)CN=C(NCC1CCCCC1)NC1CCN(Cc2ccc(F)c(F)c2)CC1. The first-order chi connectivity index (χ1) is 15.4. The Labute approximate surface area is 190 Å². The van der Waals surface area contributed by atoms with Crippen LogP contribution in [0.4, 0.5) is 8.78 Å².